The molecule has 76 valence electrons. The van der Waals surface area contributed by atoms with Gasteiger partial charge in [-0.05, 0) is 20.3 Å². The van der Waals surface area contributed by atoms with E-state index in [9.17, 15) is 0 Å². The highest BCUT2D eigenvalue weighted by Crippen LogP contribution is 1.86. The van der Waals surface area contributed by atoms with Crippen LogP contribution in [-0.4, -0.2) is 26.4 Å². The summed E-state index contributed by atoms with van der Waals surface area (Å²) >= 11 is 0. The predicted octanol–water partition coefficient (Wildman–Crippen LogP) is 2.56. The summed E-state index contributed by atoms with van der Waals surface area (Å²) < 4.78 is 10.6. The van der Waals surface area contributed by atoms with E-state index in [1.165, 1.54) is 0 Å². The monoisotopic (exact) mass is 184 g/mol. The largest absolute Gasteiger partial charge is 0.377 e. The summed E-state index contributed by atoms with van der Waals surface area (Å²) in [5, 5.41) is 0. The molecule has 0 unspecified atom stereocenters. The van der Waals surface area contributed by atoms with Crippen molar-refractivity contribution in [1.82, 2.24) is 0 Å². The van der Waals surface area contributed by atoms with E-state index in [4.69, 9.17) is 9.47 Å². The van der Waals surface area contributed by atoms with Crippen molar-refractivity contribution >= 4 is 0 Å². The van der Waals surface area contributed by atoms with Gasteiger partial charge in [0.05, 0.1) is 13.2 Å². The summed E-state index contributed by atoms with van der Waals surface area (Å²) in [5.74, 6) is 0. The molecule has 0 saturated carbocycles. The maximum Gasteiger partial charge on any atom is 0.0647 e. The summed E-state index contributed by atoms with van der Waals surface area (Å²) in [4.78, 5) is 0. The first-order valence-electron chi connectivity index (χ1n) is 4.79. The van der Waals surface area contributed by atoms with Crippen LogP contribution < -0.4 is 0 Å². The molecule has 0 atom stereocenters. The van der Waals surface area contributed by atoms with Crippen LogP contribution in [0, 0.1) is 0 Å². The van der Waals surface area contributed by atoms with Crippen molar-refractivity contribution in [1.29, 1.82) is 0 Å². The third-order valence-electron chi connectivity index (χ3n) is 1.48. The summed E-state index contributed by atoms with van der Waals surface area (Å²) in [7, 11) is 0. The maximum atomic E-state index is 5.30. The second-order valence-corrected chi connectivity index (χ2v) is 2.64. The van der Waals surface area contributed by atoms with Crippen molar-refractivity contribution in [2.75, 3.05) is 26.4 Å². The molecule has 0 aromatic heterocycles. The Morgan fingerprint density at radius 1 is 0.846 bits per heavy atom. The number of hydrogen-bond donors (Lipinski definition) is 0. The fraction of sp³-hybridized carbons (Fsp3) is 0.636. The quantitative estimate of drug-likeness (QED) is 0.426. The zero-order valence-electron chi connectivity index (χ0n) is 8.66. The van der Waals surface area contributed by atoms with Gasteiger partial charge in [0.1, 0.15) is 0 Å². The lowest BCUT2D eigenvalue weighted by atomic mass is 10.5. The molecule has 0 aliphatic rings. The standard InChI is InChI=1S/C11H20O2/c1-3-5-8-12-10-7-11-13-9-6-4-2/h3-6H,7-11H2,1-2H3. The smallest absolute Gasteiger partial charge is 0.0647 e. The summed E-state index contributed by atoms with van der Waals surface area (Å²) in [6.45, 7) is 6.96. The molecule has 0 N–H and O–H groups in total. The molecule has 2 nitrogen and oxygen atoms in total. The third kappa shape index (κ3) is 11.4. The Balaban J connectivity index is 2.91. The topological polar surface area (TPSA) is 18.5 Å². The fourth-order valence-corrected chi connectivity index (χ4v) is 0.758. The van der Waals surface area contributed by atoms with Crippen molar-refractivity contribution in [3.8, 4) is 0 Å². The summed E-state index contributed by atoms with van der Waals surface area (Å²) in [6.07, 6.45) is 8.95. The van der Waals surface area contributed by atoms with Crippen molar-refractivity contribution in [2.24, 2.45) is 0 Å². The Kier molecular flexibility index (Phi) is 10.9. The van der Waals surface area contributed by atoms with E-state index in [0.29, 0.717) is 13.2 Å². The third-order valence-corrected chi connectivity index (χ3v) is 1.48. The zero-order chi connectivity index (χ0) is 9.78. The lowest BCUT2D eigenvalue weighted by Gasteiger charge is -2.01. The van der Waals surface area contributed by atoms with Gasteiger partial charge in [-0.3, -0.25) is 0 Å². The molecule has 13 heavy (non-hydrogen) atoms. The molecule has 0 aliphatic heterocycles. The highest BCUT2D eigenvalue weighted by molar-refractivity contribution is 4.76. The predicted molar refractivity (Wildman–Crippen MR) is 55.9 cm³/mol. The van der Waals surface area contributed by atoms with Gasteiger partial charge >= 0.3 is 0 Å². The lowest BCUT2D eigenvalue weighted by Crippen LogP contribution is -2.00. The first kappa shape index (κ1) is 12.4. The van der Waals surface area contributed by atoms with E-state index in [1.807, 2.05) is 38.2 Å². The molecule has 2 heteroatoms. The van der Waals surface area contributed by atoms with Crippen molar-refractivity contribution in [3.05, 3.63) is 24.3 Å². The van der Waals surface area contributed by atoms with Crippen LogP contribution in [0.3, 0.4) is 0 Å². The van der Waals surface area contributed by atoms with Crippen molar-refractivity contribution < 1.29 is 9.47 Å². The SMILES string of the molecule is CC=CCOCCCOCC=CC. The first-order valence-corrected chi connectivity index (χ1v) is 4.79. The van der Waals surface area contributed by atoms with Crippen LogP contribution in [0.15, 0.2) is 24.3 Å². The molecule has 0 aliphatic carbocycles. The van der Waals surface area contributed by atoms with Crippen LogP contribution in [0.5, 0.6) is 0 Å². The number of hydrogen-bond acceptors (Lipinski definition) is 2. The molecule has 0 aromatic carbocycles. The van der Waals surface area contributed by atoms with Crippen LogP contribution in [0.4, 0.5) is 0 Å². The molecule has 0 amide bonds. The summed E-state index contributed by atoms with van der Waals surface area (Å²) in [5.41, 5.74) is 0. The van der Waals surface area contributed by atoms with Gasteiger partial charge < -0.3 is 9.47 Å². The molecular weight excluding hydrogens is 164 g/mol. The lowest BCUT2D eigenvalue weighted by molar-refractivity contribution is 0.107. The minimum atomic E-state index is 0.714. The second kappa shape index (κ2) is 11.4. The van der Waals surface area contributed by atoms with Crippen LogP contribution in [0.1, 0.15) is 20.3 Å². The van der Waals surface area contributed by atoms with Crippen LogP contribution in [0.25, 0.3) is 0 Å². The minimum Gasteiger partial charge on any atom is -0.377 e. The minimum absolute atomic E-state index is 0.714. The van der Waals surface area contributed by atoms with Crippen LogP contribution >= 0.6 is 0 Å². The van der Waals surface area contributed by atoms with Gasteiger partial charge in [-0.2, -0.15) is 0 Å². The number of allylic oxidation sites excluding steroid dienone is 2. The van der Waals surface area contributed by atoms with Gasteiger partial charge in [0, 0.05) is 13.2 Å². The molecule has 0 heterocycles. The van der Waals surface area contributed by atoms with E-state index < -0.39 is 0 Å². The van der Waals surface area contributed by atoms with Crippen LogP contribution in [0.2, 0.25) is 0 Å². The van der Waals surface area contributed by atoms with Gasteiger partial charge in [0.25, 0.3) is 0 Å². The molecule has 0 spiro atoms. The van der Waals surface area contributed by atoms with Gasteiger partial charge in [-0.25, -0.2) is 0 Å². The second-order valence-electron chi connectivity index (χ2n) is 2.64. The number of rotatable bonds is 8. The Morgan fingerprint density at radius 3 is 1.69 bits per heavy atom. The van der Waals surface area contributed by atoms with E-state index >= 15 is 0 Å². The van der Waals surface area contributed by atoms with Crippen molar-refractivity contribution in [2.45, 2.75) is 20.3 Å². The Bertz CT molecular complexity index is 123. The van der Waals surface area contributed by atoms with E-state index in [2.05, 4.69) is 0 Å². The average molecular weight is 184 g/mol. The summed E-state index contributed by atoms with van der Waals surface area (Å²) in [6, 6.07) is 0. The van der Waals surface area contributed by atoms with Gasteiger partial charge in [0.15, 0.2) is 0 Å². The van der Waals surface area contributed by atoms with E-state index in [1.54, 1.807) is 0 Å². The zero-order valence-corrected chi connectivity index (χ0v) is 8.66. The highest BCUT2D eigenvalue weighted by atomic mass is 16.5. The Morgan fingerprint density at radius 2 is 1.31 bits per heavy atom. The number of ether oxygens (including phenoxy) is 2. The molecule has 0 radical (unpaired) electrons. The highest BCUT2D eigenvalue weighted by Gasteiger charge is 1.86. The first-order chi connectivity index (χ1) is 6.41. The molecule has 0 rings (SSSR count). The molecule has 0 saturated heterocycles. The Labute approximate surface area is 81.2 Å². The fourth-order valence-electron chi connectivity index (χ4n) is 0.758. The van der Waals surface area contributed by atoms with Gasteiger partial charge in [0.2, 0.25) is 0 Å². The van der Waals surface area contributed by atoms with Gasteiger partial charge in [-0.1, -0.05) is 24.3 Å². The Hall–Kier alpha value is -0.600. The van der Waals surface area contributed by atoms with Crippen LogP contribution in [-0.2, 0) is 9.47 Å². The van der Waals surface area contributed by atoms with E-state index in [0.717, 1.165) is 19.6 Å². The van der Waals surface area contributed by atoms with Crippen molar-refractivity contribution in [3.63, 3.8) is 0 Å². The maximum absolute atomic E-state index is 5.30. The molecule has 0 aromatic rings. The molecular formula is C11H20O2. The normalized spacial score (nSPS) is 11.8. The molecule has 0 fully saturated rings. The average Bonchev–Trinajstić information content (AvgIpc) is 2.16. The van der Waals surface area contributed by atoms with E-state index in [-0.39, 0.29) is 0 Å². The van der Waals surface area contributed by atoms with Gasteiger partial charge in [-0.15, -0.1) is 0 Å². The molecule has 0 bridgehead atoms.